The molecule has 1 amide bonds. The molecule has 3 aromatic rings. The van der Waals surface area contributed by atoms with Gasteiger partial charge in [0.05, 0.1) is 36.8 Å². The zero-order chi connectivity index (χ0) is 20.5. The van der Waals surface area contributed by atoms with Crippen LogP contribution in [-0.4, -0.2) is 48.3 Å². The van der Waals surface area contributed by atoms with Gasteiger partial charge in [-0.3, -0.25) is 19.1 Å². The first-order chi connectivity index (χ1) is 14.1. The fraction of sp³-hybridized carbons (Fsp3) is 0.381. The lowest BCUT2D eigenvalue weighted by molar-refractivity contribution is -0.153. The molecule has 152 valence electrons. The van der Waals surface area contributed by atoms with Gasteiger partial charge in [0.15, 0.2) is 5.92 Å². The zero-order valence-electron chi connectivity index (χ0n) is 16.6. The molecule has 0 fully saturated rings. The summed E-state index contributed by atoms with van der Waals surface area (Å²) < 4.78 is 12.5. The van der Waals surface area contributed by atoms with Gasteiger partial charge in [0.2, 0.25) is 11.9 Å². The highest BCUT2D eigenvalue weighted by Gasteiger charge is 2.48. The summed E-state index contributed by atoms with van der Waals surface area (Å²) in [6.07, 6.45) is 0. The van der Waals surface area contributed by atoms with E-state index in [1.54, 1.807) is 30.3 Å². The highest BCUT2D eigenvalue weighted by molar-refractivity contribution is 7.10. The number of amides is 1. The fourth-order valence-corrected chi connectivity index (χ4v) is 4.91. The van der Waals surface area contributed by atoms with Crippen molar-refractivity contribution in [3.05, 3.63) is 46.2 Å². The summed E-state index contributed by atoms with van der Waals surface area (Å²) in [4.78, 5) is 33.8. The second-order valence-electron chi connectivity index (χ2n) is 6.90. The minimum Gasteiger partial charge on any atom is -0.465 e. The predicted octanol–water partition coefficient (Wildman–Crippen LogP) is 3.17. The molecule has 2 atom stereocenters. The van der Waals surface area contributed by atoms with E-state index in [1.807, 2.05) is 47.2 Å². The monoisotopic (exact) mass is 413 g/mol. The number of fused-ring (bicyclic) bond motifs is 3. The van der Waals surface area contributed by atoms with Crippen molar-refractivity contribution < 1.29 is 19.1 Å². The Morgan fingerprint density at radius 1 is 1.28 bits per heavy atom. The smallest absolute Gasteiger partial charge is 0.321 e. The second kappa shape index (κ2) is 7.96. The lowest BCUT2D eigenvalue weighted by Gasteiger charge is -2.37. The van der Waals surface area contributed by atoms with Gasteiger partial charge < -0.3 is 9.47 Å². The molecule has 1 aromatic carbocycles. The van der Waals surface area contributed by atoms with Crippen molar-refractivity contribution in [1.82, 2.24) is 9.55 Å². The van der Waals surface area contributed by atoms with Crippen LogP contribution < -0.4 is 4.90 Å². The molecule has 8 heteroatoms. The van der Waals surface area contributed by atoms with E-state index in [0.717, 1.165) is 21.5 Å². The van der Waals surface area contributed by atoms with E-state index in [4.69, 9.17) is 14.5 Å². The number of rotatable bonds is 6. The van der Waals surface area contributed by atoms with E-state index < -0.39 is 17.9 Å². The lowest BCUT2D eigenvalue weighted by atomic mass is 9.92. The maximum Gasteiger partial charge on any atom is 0.321 e. The molecule has 4 rings (SSSR count). The molecule has 0 saturated carbocycles. The van der Waals surface area contributed by atoms with Crippen LogP contribution in [0.1, 0.15) is 23.4 Å². The summed E-state index contributed by atoms with van der Waals surface area (Å²) in [5, 5.41) is 1.98. The quantitative estimate of drug-likeness (QED) is 0.458. The number of hydrogen-bond donors (Lipinski definition) is 0. The molecule has 29 heavy (non-hydrogen) atoms. The topological polar surface area (TPSA) is 73.7 Å². The molecule has 0 spiro atoms. The van der Waals surface area contributed by atoms with Crippen molar-refractivity contribution in [2.24, 2.45) is 5.92 Å². The number of aromatic nitrogens is 2. The van der Waals surface area contributed by atoms with Gasteiger partial charge in [0, 0.05) is 12.0 Å². The summed E-state index contributed by atoms with van der Waals surface area (Å²) in [7, 11) is 1.58. The van der Waals surface area contributed by atoms with Gasteiger partial charge in [-0.2, -0.15) is 0 Å². The average Bonchev–Trinajstić information content (AvgIpc) is 3.30. The van der Waals surface area contributed by atoms with Crippen molar-refractivity contribution in [2.45, 2.75) is 19.9 Å². The van der Waals surface area contributed by atoms with Gasteiger partial charge in [-0.1, -0.05) is 12.1 Å². The number of nitrogens with zero attached hydrogens (tertiary/aromatic N) is 3. The molecule has 1 aliphatic heterocycles. The third-order valence-corrected chi connectivity index (χ3v) is 6.26. The number of carbonyl (C=O) groups excluding carboxylic acids is 2. The molecule has 0 unspecified atom stereocenters. The van der Waals surface area contributed by atoms with Crippen molar-refractivity contribution in [3.8, 4) is 0 Å². The molecular formula is C21H23N3O4S. The first-order valence-electron chi connectivity index (χ1n) is 9.56. The van der Waals surface area contributed by atoms with Gasteiger partial charge >= 0.3 is 5.97 Å². The van der Waals surface area contributed by atoms with E-state index in [-0.39, 0.29) is 12.5 Å². The number of anilines is 1. The molecular weight excluding hydrogens is 390 g/mol. The number of esters is 1. The summed E-state index contributed by atoms with van der Waals surface area (Å²) in [5.74, 6) is -1.26. The molecule has 2 aromatic heterocycles. The number of aryl methyl sites for hydroxylation is 1. The van der Waals surface area contributed by atoms with Crippen LogP contribution in [0.4, 0.5) is 5.95 Å². The molecule has 0 aliphatic carbocycles. The van der Waals surface area contributed by atoms with Crippen LogP contribution in [0.3, 0.4) is 0 Å². The maximum absolute atomic E-state index is 13.5. The van der Waals surface area contributed by atoms with Crippen LogP contribution in [0.25, 0.3) is 11.0 Å². The van der Waals surface area contributed by atoms with E-state index in [2.05, 4.69) is 0 Å². The number of benzene rings is 1. The van der Waals surface area contributed by atoms with Gasteiger partial charge in [-0.25, -0.2) is 4.98 Å². The van der Waals surface area contributed by atoms with Gasteiger partial charge in [-0.05, 0) is 43.0 Å². The Labute approximate surface area is 172 Å². The Morgan fingerprint density at radius 2 is 2.07 bits per heavy atom. The Bertz CT molecular complexity index is 1060. The number of para-hydroxylation sites is 2. The van der Waals surface area contributed by atoms with Crippen molar-refractivity contribution in [2.75, 3.05) is 31.8 Å². The van der Waals surface area contributed by atoms with Crippen molar-refractivity contribution in [3.63, 3.8) is 0 Å². The summed E-state index contributed by atoms with van der Waals surface area (Å²) in [5.41, 5.74) is 2.70. The van der Waals surface area contributed by atoms with Crippen LogP contribution in [0.5, 0.6) is 0 Å². The number of methoxy groups -OCH3 is 1. The Balaban J connectivity index is 1.98. The highest BCUT2D eigenvalue weighted by Crippen LogP contribution is 2.43. The van der Waals surface area contributed by atoms with E-state index in [9.17, 15) is 9.59 Å². The minimum atomic E-state index is -0.978. The van der Waals surface area contributed by atoms with Crippen LogP contribution >= 0.6 is 11.3 Å². The Hall–Kier alpha value is -2.71. The number of carbonyl (C=O) groups is 2. The van der Waals surface area contributed by atoms with Crippen LogP contribution in [0.2, 0.25) is 0 Å². The summed E-state index contributed by atoms with van der Waals surface area (Å²) in [6, 6.07) is 9.23. The third kappa shape index (κ3) is 3.22. The number of thiophene rings is 1. The Morgan fingerprint density at radius 3 is 2.76 bits per heavy atom. The van der Waals surface area contributed by atoms with Crippen molar-refractivity contribution in [1.29, 1.82) is 0 Å². The minimum absolute atomic E-state index is 0.217. The largest absolute Gasteiger partial charge is 0.465 e. The third-order valence-electron chi connectivity index (χ3n) is 5.17. The molecule has 0 N–H and O–H groups in total. The van der Waals surface area contributed by atoms with E-state index in [0.29, 0.717) is 19.1 Å². The standard InChI is InChI=1S/C21H23N3O4S/c1-4-28-20(26)16-17(18-13(2)9-12-29-18)24-15-8-6-5-7-14(15)22-21(24)23(19(16)25)10-11-27-3/h5-9,12,16-17H,4,10-11H2,1-3H3/t16-,17+/m1/s1. The molecule has 0 radical (unpaired) electrons. The number of ether oxygens (including phenoxy) is 2. The fourth-order valence-electron chi connectivity index (χ4n) is 3.86. The van der Waals surface area contributed by atoms with E-state index >= 15 is 0 Å². The lowest BCUT2D eigenvalue weighted by Crippen LogP contribution is -2.51. The van der Waals surface area contributed by atoms with Gasteiger partial charge in [-0.15, -0.1) is 11.3 Å². The number of imidazole rings is 1. The molecule has 7 nitrogen and oxygen atoms in total. The number of hydrogen-bond acceptors (Lipinski definition) is 6. The molecule has 0 bridgehead atoms. The maximum atomic E-state index is 13.5. The van der Waals surface area contributed by atoms with Gasteiger partial charge in [0.25, 0.3) is 0 Å². The van der Waals surface area contributed by atoms with E-state index in [1.165, 1.54) is 0 Å². The first-order valence-corrected chi connectivity index (χ1v) is 10.4. The zero-order valence-corrected chi connectivity index (χ0v) is 17.4. The average molecular weight is 413 g/mol. The highest BCUT2D eigenvalue weighted by atomic mass is 32.1. The van der Waals surface area contributed by atoms with Crippen molar-refractivity contribution >= 4 is 40.2 Å². The summed E-state index contributed by atoms with van der Waals surface area (Å²) in [6.45, 7) is 4.61. The van der Waals surface area contributed by atoms with Crippen LogP contribution in [-0.2, 0) is 19.1 Å². The predicted molar refractivity (Wildman–Crippen MR) is 111 cm³/mol. The van der Waals surface area contributed by atoms with Crippen LogP contribution in [0.15, 0.2) is 35.7 Å². The first kappa shape index (κ1) is 19.6. The summed E-state index contributed by atoms with van der Waals surface area (Å²) >= 11 is 1.54. The normalized spacial score (nSPS) is 18.9. The Kier molecular flexibility index (Phi) is 5.38. The molecule has 3 heterocycles. The van der Waals surface area contributed by atoms with Crippen LogP contribution in [0, 0.1) is 12.8 Å². The molecule has 1 aliphatic rings. The SMILES string of the molecule is CCOC(=O)[C@H]1C(=O)N(CCOC)c2nc3ccccc3n2[C@@H]1c1sccc1C. The second-order valence-corrected chi connectivity index (χ2v) is 7.84. The molecule has 0 saturated heterocycles. The van der Waals surface area contributed by atoms with Gasteiger partial charge in [0.1, 0.15) is 0 Å².